The summed E-state index contributed by atoms with van der Waals surface area (Å²) in [6, 6.07) is 4.06. The normalized spacial score (nSPS) is 19.3. The van der Waals surface area contributed by atoms with E-state index in [4.69, 9.17) is 0 Å². The third-order valence-electron chi connectivity index (χ3n) is 3.44. The van der Waals surface area contributed by atoms with Crippen LogP contribution in [0.1, 0.15) is 24.8 Å². The molecule has 0 saturated heterocycles. The molecule has 1 unspecified atom stereocenters. The first-order valence-electron chi connectivity index (χ1n) is 6.75. The second kappa shape index (κ2) is 7.29. The highest BCUT2D eigenvalue weighted by molar-refractivity contribution is 5.08. The summed E-state index contributed by atoms with van der Waals surface area (Å²) >= 11 is 0. The van der Waals surface area contributed by atoms with E-state index in [9.17, 15) is 5.11 Å². The molecule has 0 aliphatic heterocycles. The molecule has 0 saturated carbocycles. The third-order valence-corrected chi connectivity index (χ3v) is 3.44. The van der Waals surface area contributed by atoms with Gasteiger partial charge >= 0.3 is 0 Å². The van der Waals surface area contributed by atoms with Gasteiger partial charge in [0.05, 0.1) is 6.61 Å². The first-order chi connectivity index (χ1) is 8.88. The molecule has 0 radical (unpaired) electrons. The summed E-state index contributed by atoms with van der Waals surface area (Å²) in [4.78, 5) is 6.48. The largest absolute Gasteiger partial charge is 0.395 e. The van der Waals surface area contributed by atoms with Crippen molar-refractivity contribution >= 4 is 0 Å². The molecule has 3 nitrogen and oxygen atoms in total. The summed E-state index contributed by atoms with van der Waals surface area (Å²) in [6.07, 6.45) is 11.9. The first-order valence-corrected chi connectivity index (χ1v) is 6.75. The van der Waals surface area contributed by atoms with Crippen LogP contribution in [0.2, 0.25) is 0 Å². The average Bonchev–Trinajstić information content (AvgIpc) is 2.41. The second-order valence-electron chi connectivity index (χ2n) is 4.97. The fourth-order valence-corrected chi connectivity index (χ4v) is 2.51. The van der Waals surface area contributed by atoms with E-state index in [2.05, 4.69) is 28.1 Å². The highest BCUT2D eigenvalue weighted by atomic mass is 16.3. The maximum atomic E-state index is 9.17. The van der Waals surface area contributed by atoms with E-state index in [1.54, 1.807) is 6.20 Å². The Hall–Kier alpha value is -1.19. The Labute approximate surface area is 109 Å². The van der Waals surface area contributed by atoms with Crippen molar-refractivity contribution in [3.8, 4) is 0 Å². The molecule has 0 fully saturated rings. The molecule has 0 amide bonds. The van der Waals surface area contributed by atoms with Crippen molar-refractivity contribution < 1.29 is 5.11 Å². The maximum Gasteiger partial charge on any atom is 0.0558 e. The molecule has 1 aliphatic carbocycles. The van der Waals surface area contributed by atoms with Crippen molar-refractivity contribution in [2.24, 2.45) is 5.92 Å². The summed E-state index contributed by atoms with van der Waals surface area (Å²) in [5.41, 5.74) is 1.22. The van der Waals surface area contributed by atoms with Gasteiger partial charge in [-0.15, -0.1) is 0 Å². The topological polar surface area (TPSA) is 36.4 Å². The number of aliphatic hydroxyl groups is 1. The minimum Gasteiger partial charge on any atom is -0.395 e. The molecule has 0 spiro atoms. The minimum atomic E-state index is 0.225. The van der Waals surface area contributed by atoms with Gasteiger partial charge in [0, 0.05) is 32.0 Å². The van der Waals surface area contributed by atoms with E-state index in [0.717, 1.165) is 25.6 Å². The van der Waals surface area contributed by atoms with E-state index in [0.29, 0.717) is 0 Å². The Kier molecular flexibility index (Phi) is 5.36. The molecule has 98 valence electrons. The van der Waals surface area contributed by atoms with Crippen molar-refractivity contribution in [1.82, 2.24) is 9.88 Å². The molecule has 1 N–H and O–H groups in total. The summed E-state index contributed by atoms with van der Waals surface area (Å²) in [5.74, 6) is 0.734. The Morgan fingerprint density at radius 3 is 3.00 bits per heavy atom. The number of aromatic nitrogens is 1. The van der Waals surface area contributed by atoms with Crippen LogP contribution in [0.15, 0.2) is 36.7 Å². The van der Waals surface area contributed by atoms with Crippen molar-refractivity contribution in [1.29, 1.82) is 0 Å². The third kappa shape index (κ3) is 4.24. The van der Waals surface area contributed by atoms with E-state index >= 15 is 0 Å². The predicted molar refractivity (Wildman–Crippen MR) is 73.1 cm³/mol. The summed E-state index contributed by atoms with van der Waals surface area (Å²) in [5, 5.41) is 9.17. The van der Waals surface area contributed by atoms with E-state index in [-0.39, 0.29) is 6.61 Å². The Bertz CT molecular complexity index is 364. The molecule has 18 heavy (non-hydrogen) atoms. The molecule has 1 heterocycles. The fourth-order valence-electron chi connectivity index (χ4n) is 2.51. The zero-order valence-corrected chi connectivity index (χ0v) is 10.8. The van der Waals surface area contributed by atoms with E-state index < -0.39 is 0 Å². The number of hydrogen-bond donors (Lipinski definition) is 1. The number of aliphatic hydroxyl groups excluding tert-OH is 1. The predicted octanol–water partition coefficient (Wildman–Crippen LogP) is 2.23. The maximum absolute atomic E-state index is 9.17. The Morgan fingerprint density at radius 1 is 1.39 bits per heavy atom. The van der Waals surface area contributed by atoms with Crippen LogP contribution >= 0.6 is 0 Å². The summed E-state index contributed by atoms with van der Waals surface area (Å²) in [7, 11) is 0. The molecule has 1 aromatic rings. The molecular weight excluding hydrogens is 224 g/mol. The first kappa shape index (κ1) is 13.2. The van der Waals surface area contributed by atoms with Crippen molar-refractivity contribution in [2.45, 2.75) is 25.8 Å². The van der Waals surface area contributed by atoms with Crippen LogP contribution < -0.4 is 0 Å². The van der Waals surface area contributed by atoms with Crippen LogP contribution in [0.25, 0.3) is 0 Å². The lowest BCUT2D eigenvalue weighted by Gasteiger charge is -2.27. The molecule has 1 aliphatic rings. The average molecular weight is 246 g/mol. The van der Waals surface area contributed by atoms with Crippen molar-refractivity contribution in [3.05, 3.63) is 42.2 Å². The molecule has 0 bridgehead atoms. The van der Waals surface area contributed by atoms with Crippen molar-refractivity contribution in [2.75, 3.05) is 19.7 Å². The molecule has 1 atom stereocenters. The molecule has 1 aromatic heterocycles. The monoisotopic (exact) mass is 246 g/mol. The second-order valence-corrected chi connectivity index (χ2v) is 4.97. The number of rotatable bonds is 6. The molecular formula is C15H22N2O. The van der Waals surface area contributed by atoms with Gasteiger partial charge in [0.25, 0.3) is 0 Å². The number of hydrogen-bond acceptors (Lipinski definition) is 3. The van der Waals surface area contributed by atoms with Crippen LogP contribution in [0.5, 0.6) is 0 Å². The minimum absolute atomic E-state index is 0.225. The quantitative estimate of drug-likeness (QED) is 0.782. The summed E-state index contributed by atoms with van der Waals surface area (Å²) < 4.78 is 0. The zero-order chi connectivity index (χ0) is 12.6. The van der Waals surface area contributed by atoms with Crippen LogP contribution in [0.3, 0.4) is 0 Å². The van der Waals surface area contributed by atoms with E-state index in [1.807, 2.05) is 12.3 Å². The van der Waals surface area contributed by atoms with Gasteiger partial charge in [-0.25, -0.2) is 0 Å². The Morgan fingerprint density at radius 2 is 2.33 bits per heavy atom. The SMILES string of the molecule is OCCN(Cc1cccnc1)CC1CC=CCC1. The van der Waals surface area contributed by atoms with Gasteiger partial charge in [-0.05, 0) is 36.8 Å². The van der Waals surface area contributed by atoms with Crippen LogP contribution in [0, 0.1) is 5.92 Å². The van der Waals surface area contributed by atoms with Gasteiger partial charge in [0.2, 0.25) is 0 Å². The van der Waals surface area contributed by atoms with Gasteiger partial charge in [0.1, 0.15) is 0 Å². The standard InChI is InChI=1S/C15H22N2O/c18-10-9-17(12-14-5-2-1-3-6-14)13-15-7-4-8-16-11-15/h1-2,4,7-8,11,14,18H,3,5-6,9-10,12-13H2. The van der Waals surface area contributed by atoms with E-state index in [1.165, 1.54) is 24.8 Å². The number of allylic oxidation sites excluding steroid dienone is 2. The Balaban J connectivity index is 1.89. The lowest BCUT2D eigenvalue weighted by molar-refractivity contribution is 0.165. The summed E-state index contributed by atoms with van der Waals surface area (Å²) in [6.45, 7) is 2.92. The molecule has 2 rings (SSSR count). The van der Waals surface area contributed by atoms with Gasteiger partial charge in [0.15, 0.2) is 0 Å². The molecule has 0 aromatic carbocycles. The van der Waals surface area contributed by atoms with Gasteiger partial charge in [-0.3, -0.25) is 9.88 Å². The lowest BCUT2D eigenvalue weighted by atomic mass is 9.94. The van der Waals surface area contributed by atoms with Crippen molar-refractivity contribution in [3.63, 3.8) is 0 Å². The molecule has 3 heteroatoms. The van der Waals surface area contributed by atoms with Crippen LogP contribution in [-0.4, -0.2) is 34.7 Å². The highest BCUT2D eigenvalue weighted by Crippen LogP contribution is 2.20. The van der Waals surface area contributed by atoms with Gasteiger partial charge in [-0.2, -0.15) is 0 Å². The fraction of sp³-hybridized carbons (Fsp3) is 0.533. The van der Waals surface area contributed by atoms with Crippen LogP contribution in [0.4, 0.5) is 0 Å². The highest BCUT2D eigenvalue weighted by Gasteiger charge is 2.14. The number of pyridine rings is 1. The smallest absolute Gasteiger partial charge is 0.0558 e. The lowest BCUT2D eigenvalue weighted by Crippen LogP contribution is -2.32. The van der Waals surface area contributed by atoms with Gasteiger partial charge < -0.3 is 5.11 Å². The number of nitrogens with zero attached hydrogens (tertiary/aromatic N) is 2. The van der Waals surface area contributed by atoms with Gasteiger partial charge in [-0.1, -0.05) is 18.2 Å². The van der Waals surface area contributed by atoms with Crippen LogP contribution in [-0.2, 0) is 6.54 Å². The zero-order valence-electron chi connectivity index (χ0n) is 10.8.